The third kappa shape index (κ3) is 2.57. The largest absolute Gasteiger partial charge is 0.481 e. The van der Waals surface area contributed by atoms with Crippen molar-refractivity contribution in [1.82, 2.24) is 4.90 Å². The van der Waals surface area contributed by atoms with E-state index in [1.54, 1.807) is 6.92 Å². The van der Waals surface area contributed by atoms with Crippen LogP contribution in [0.4, 0.5) is 0 Å². The smallest absolute Gasteiger partial charge is 0.311 e. The summed E-state index contributed by atoms with van der Waals surface area (Å²) in [6.07, 6.45) is 2.14. The number of rotatable bonds is 3. The molecule has 0 aliphatic carbocycles. The maximum Gasteiger partial charge on any atom is 0.311 e. The van der Waals surface area contributed by atoms with Gasteiger partial charge in [0, 0.05) is 17.6 Å². The molecule has 5 nitrogen and oxygen atoms in total. The van der Waals surface area contributed by atoms with E-state index in [0.717, 1.165) is 6.42 Å². The number of hydrogen-bond acceptors (Lipinski definition) is 3. The number of aliphatic carboxylic acids is 1. The Bertz CT molecular complexity index is 544. The van der Waals surface area contributed by atoms with E-state index in [1.165, 1.54) is 6.26 Å². The summed E-state index contributed by atoms with van der Waals surface area (Å²) in [5, 5.41) is 8.91. The van der Waals surface area contributed by atoms with Gasteiger partial charge >= 0.3 is 5.97 Å². The highest BCUT2D eigenvalue weighted by molar-refractivity contribution is 5.98. The first-order chi connectivity index (χ1) is 9.22. The Morgan fingerprint density at radius 2 is 2.15 bits per heavy atom. The Hall–Kier alpha value is -1.78. The van der Waals surface area contributed by atoms with Crippen molar-refractivity contribution in [2.45, 2.75) is 46.1 Å². The summed E-state index contributed by atoms with van der Waals surface area (Å²) >= 11 is 0. The Balaban J connectivity index is 2.34. The van der Waals surface area contributed by atoms with Gasteiger partial charge in [0.1, 0.15) is 12.2 Å². The topological polar surface area (TPSA) is 70.7 Å². The fourth-order valence-corrected chi connectivity index (χ4v) is 3.13. The van der Waals surface area contributed by atoms with Crippen LogP contribution in [0.5, 0.6) is 0 Å². The van der Waals surface area contributed by atoms with Crippen molar-refractivity contribution in [2.24, 2.45) is 5.92 Å². The van der Waals surface area contributed by atoms with Crippen LogP contribution in [-0.2, 0) is 11.2 Å². The van der Waals surface area contributed by atoms with Gasteiger partial charge in [0.05, 0.1) is 11.8 Å². The van der Waals surface area contributed by atoms with Crippen molar-refractivity contribution in [3.05, 3.63) is 23.2 Å². The van der Waals surface area contributed by atoms with Crippen LogP contribution >= 0.6 is 0 Å². The number of amides is 1. The summed E-state index contributed by atoms with van der Waals surface area (Å²) in [6, 6.07) is 0. The van der Waals surface area contributed by atoms with Crippen LogP contribution in [0.3, 0.4) is 0 Å². The van der Waals surface area contributed by atoms with Crippen molar-refractivity contribution < 1.29 is 19.1 Å². The fourth-order valence-electron chi connectivity index (χ4n) is 3.13. The zero-order valence-electron chi connectivity index (χ0n) is 12.4. The molecule has 1 saturated heterocycles. The Labute approximate surface area is 118 Å². The van der Waals surface area contributed by atoms with Crippen molar-refractivity contribution in [2.75, 3.05) is 6.54 Å². The number of likely N-dealkylation sites (tertiary alicyclic amines) is 1. The molecule has 0 saturated carbocycles. The molecule has 2 heterocycles. The lowest BCUT2D eigenvalue weighted by atomic mass is 9.97. The van der Waals surface area contributed by atoms with Gasteiger partial charge in [-0.05, 0) is 33.1 Å². The molecular weight excluding hydrogens is 258 g/mol. The second kappa shape index (κ2) is 4.96. The first-order valence-electron chi connectivity index (χ1n) is 6.83. The van der Waals surface area contributed by atoms with Crippen molar-refractivity contribution >= 4 is 11.9 Å². The van der Waals surface area contributed by atoms with Gasteiger partial charge in [0.25, 0.3) is 5.91 Å². The van der Waals surface area contributed by atoms with Crippen LogP contribution in [0.25, 0.3) is 0 Å². The first kappa shape index (κ1) is 14.6. The molecule has 1 atom stereocenters. The summed E-state index contributed by atoms with van der Waals surface area (Å²) in [7, 11) is 0. The molecule has 0 bridgehead atoms. The van der Waals surface area contributed by atoms with Crippen molar-refractivity contribution in [3.8, 4) is 0 Å². The highest BCUT2D eigenvalue weighted by atomic mass is 16.4. The average Bonchev–Trinajstić information content (AvgIpc) is 2.77. The van der Waals surface area contributed by atoms with E-state index in [9.17, 15) is 9.59 Å². The Morgan fingerprint density at radius 3 is 2.65 bits per heavy atom. The van der Waals surface area contributed by atoms with Crippen LogP contribution in [0, 0.1) is 12.8 Å². The van der Waals surface area contributed by atoms with Crippen LogP contribution in [0.15, 0.2) is 10.7 Å². The van der Waals surface area contributed by atoms with Gasteiger partial charge in [-0.15, -0.1) is 0 Å². The van der Waals surface area contributed by atoms with Gasteiger partial charge in [-0.25, -0.2) is 0 Å². The number of nitrogens with zero attached hydrogens (tertiary/aromatic N) is 1. The maximum atomic E-state index is 12.8. The monoisotopic (exact) mass is 279 g/mol. The quantitative estimate of drug-likeness (QED) is 0.922. The second-order valence-corrected chi connectivity index (χ2v) is 6.32. The number of carbonyl (C=O) groups is 2. The molecule has 1 aromatic rings. The van der Waals surface area contributed by atoms with E-state index >= 15 is 0 Å². The minimum Gasteiger partial charge on any atom is -0.481 e. The van der Waals surface area contributed by atoms with E-state index in [4.69, 9.17) is 9.52 Å². The van der Waals surface area contributed by atoms with Gasteiger partial charge in [-0.2, -0.15) is 0 Å². The summed E-state index contributed by atoms with van der Waals surface area (Å²) < 4.78 is 5.25. The number of carbonyl (C=O) groups excluding carboxylic acids is 1. The number of carboxylic acids is 1. The SMILES string of the molecule is Cc1coc(CC(=O)O)c1C(=O)N1CC(C)CC1(C)C. The van der Waals surface area contributed by atoms with Gasteiger partial charge in [0.15, 0.2) is 0 Å². The molecule has 1 aliphatic heterocycles. The van der Waals surface area contributed by atoms with Crippen LogP contribution in [0.1, 0.15) is 48.9 Å². The Kier molecular flexibility index (Phi) is 3.63. The molecule has 20 heavy (non-hydrogen) atoms. The standard InChI is InChI=1S/C15H21NO4/c1-9-6-15(3,4)16(7-9)14(19)13-10(2)8-20-11(13)5-12(17)18/h8-9H,5-7H2,1-4H3,(H,17,18). The maximum absolute atomic E-state index is 12.8. The molecule has 110 valence electrons. The summed E-state index contributed by atoms with van der Waals surface area (Å²) in [5.41, 5.74) is 0.900. The minimum absolute atomic E-state index is 0.123. The predicted molar refractivity (Wildman–Crippen MR) is 73.7 cm³/mol. The van der Waals surface area contributed by atoms with Crippen molar-refractivity contribution in [1.29, 1.82) is 0 Å². The van der Waals surface area contributed by atoms with Gasteiger partial charge < -0.3 is 14.4 Å². The molecule has 1 aliphatic rings. The predicted octanol–water partition coefficient (Wildman–Crippen LogP) is 2.48. The molecule has 1 unspecified atom stereocenters. The van der Waals surface area contributed by atoms with Crippen LogP contribution in [-0.4, -0.2) is 34.0 Å². The van der Waals surface area contributed by atoms with Crippen LogP contribution in [0.2, 0.25) is 0 Å². The summed E-state index contributed by atoms with van der Waals surface area (Å²) in [5.74, 6) is -0.427. The lowest BCUT2D eigenvalue weighted by Gasteiger charge is -2.31. The normalized spacial score (nSPS) is 21.2. The number of hydrogen-bond donors (Lipinski definition) is 1. The molecule has 1 N–H and O–H groups in total. The van der Waals surface area contributed by atoms with E-state index in [-0.39, 0.29) is 23.6 Å². The second-order valence-electron chi connectivity index (χ2n) is 6.32. The number of aryl methyl sites for hydroxylation is 1. The molecule has 1 amide bonds. The number of carboxylic acid groups (broad SMARTS) is 1. The first-order valence-corrected chi connectivity index (χ1v) is 6.83. The molecule has 1 aromatic heterocycles. The lowest BCUT2D eigenvalue weighted by molar-refractivity contribution is -0.136. The van der Waals surface area contributed by atoms with E-state index < -0.39 is 5.97 Å². The number of furan rings is 1. The molecule has 0 spiro atoms. The molecule has 2 rings (SSSR count). The van der Waals surface area contributed by atoms with Gasteiger partial charge in [0.2, 0.25) is 0 Å². The molecule has 0 radical (unpaired) electrons. The van der Waals surface area contributed by atoms with Gasteiger partial charge in [-0.3, -0.25) is 9.59 Å². The molecule has 0 aromatic carbocycles. The highest BCUT2D eigenvalue weighted by Crippen LogP contribution is 2.34. The molecule has 5 heteroatoms. The van der Waals surface area contributed by atoms with Crippen molar-refractivity contribution in [3.63, 3.8) is 0 Å². The molecule has 1 fully saturated rings. The van der Waals surface area contributed by atoms with Crippen LogP contribution < -0.4 is 0 Å². The third-order valence-corrected chi connectivity index (χ3v) is 3.89. The highest BCUT2D eigenvalue weighted by Gasteiger charge is 2.41. The zero-order chi connectivity index (χ0) is 15.1. The molecular formula is C15H21NO4. The summed E-state index contributed by atoms with van der Waals surface area (Å²) in [6.45, 7) is 8.67. The fraction of sp³-hybridized carbons (Fsp3) is 0.600. The summed E-state index contributed by atoms with van der Waals surface area (Å²) in [4.78, 5) is 25.5. The Morgan fingerprint density at radius 1 is 1.50 bits per heavy atom. The average molecular weight is 279 g/mol. The lowest BCUT2D eigenvalue weighted by Crippen LogP contribution is -2.43. The van der Waals surface area contributed by atoms with E-state index in [1.807, 2.05) is 18.7 Å². The zero-order valence-corrected chi connectivity index (χ0v) is 12.4. The minimum atomic E-state index is -0.998. The van der Waals surface area contributed by atoms with E-state index in [0.29, 0.717) is 23.6 Å². The van der Waals surface area contributed by atoms with E-state index in [2.05, 4.69) is 6.92 Å². The van der Waals surface area contributed by atoms with Gasteiger partial charge in [-0.1, -0.05) is 6.92 Å². The third-order valence-electron chi connectivity index (χ3n) is 3.89.